The summed E-state index contributed by atoms with van der Waals surface area (Å²) in [5.74, 6) is 0. The van der Waals surface area contributed by atoms with Crippen molar-refractivity contribution < 1.29 is 4.74 Å². The summed E-state index contributed by atoms with van der Waals surface area (Å²) in [7, 11) is 0. The van der Waals surface area contributed by atoms with E-state index in [1.165, 1.54) is 5.56 Å². The molecule has 1 aromatic heterocycles. The zero-order chi connectivity index (χ0) is 12.3. The van der Waals surface area contributed by atoms with Crippen molar-refractivity contribution in [2.75, 3.05) is 26.2 Å². The molecule has 0 aromatic carbocycles. The van der Waals surface area contributed by atoms with E-state index in [-0.39, 0.29) is 6.04 Å². The van der Waals surface area contributed by atoms with E-state index in [4.69, 9.17) is 10.5 Å². The van der Waals surface area contributed by atoms with Gasteiger partial charge >= 0.3 is 0 Å². The van der Waals surface area contributed by atoms with Gasteiger partial charge in [-0.05, 0) is 25.1 Å². The molecular formula is C13H23N3O. The molecule has 0 saturated carbocycles. The van der Waals surface area contributed by atoms with Gasteiger partial charge in [0.2, 0.25) is 0 Å². The SMILES string of the molecule is CCN1CCOC(Cn2ccc(C(C)N)c2)C1. The van der Waals surface area contributed by atoms with Gasteiger partial charge in [0.25, 0.3) is 0 Å². The van der Waals surface area contributed by atoms with Crippen molar-refractivity contribution in [1.82, 2.24) is 9.47 Å². The number of nitrogens with zero attached hydrogens (tertiary/aromatic N) is 2. The number of hydrogen-bond donors (Lipinski definition) is 1. The van der Waals surface area contributed by atoms with E-state index in [0.29, 0.717) is 6.10 Å². The van der Waals surface area contributed by atoms with Gasteiger partial charge in [-0.15, -0.1) is 0 Å². The van der Waals surface area contributed by atoms with Crippen molar-refractivity contribution in [3.63, 3.8) is 0 Å². The lowest BCUT2D eigenvalue weighted by molar-refractivity contribution is -0.0342. The molecule has 1 aliphatic heterocycles. The molecule has 1 fully saturated rings. The van der Waals surface area contributed by atoms with E-state index in [9.17, 15) is 0 Å². The quantitative estimate of drug-likeness (QED) is 0.856. The molecule has 0 amide bonds. The fourth-order valence-corrected chi connectivity index (χ4v) is 2.26. The predicted molar refractivity (Wildman–Crippen MR) is 68.9 cm³/mol. The Labute approximate surface area is 103 Å². The number of rotatable bonds is 4. The summed E-state index contributed by atoms with van der Waals surface area (Å²) < 4.78 is 7.97. The van der Waals surface area contributed by atoms with Crippen LogP contribution in [0.3, 0.4) is 0 Å². The lowest BCUT2D eigenvalue weighted by Crippen LogP contribution is -2.43. The minimum atomic E-state index is 0.107. The van der Waals surface area contributed by atoms with Gasteiger partial charge in [-0.1, -0.05) is 6.92 Å². The van der Waals surface area contributed by atoms with Crippen LogP contribution in [0, 0.1) is 0 Å². The molecule has 0 radical (unpaired) electrons. The van der Waals surface area contributed by atoms with Crippen molar-refractivity contribution >= 4 is 0 Å². The fraction of sp³-hybridized carbons (Fsp3) is 0.692. The van der Waals surface area contributed by atoms with E-state index in [2.05, 4.69) is 34.9 Å². The Bertz CT molecular complexity index is 348. The molecular weight excluding hydrogens is 214 g/mol. The highest BCUT2D eigenvalue weighted by molar-refractivity contribution is 5.13. The molecule has 2 unspecified atom stereocenters. The summed E-state index contributed by atoms with van der Waals surface area (Å²) in [6.07, 6.45) is 4.52. The van der Waals surface area contributed by atoms with Crippen LogP contribution in [-0.4, -0.2) is 41.8 Å². The van der Waals surface area contributed by atoms with Crippen LogP contribution in [0.4, 0.5) is 0 Å². The lowest BCUT2D eigenvalue weighted by Gasteiger charge is -2.32. The zero-order valence-corrected chi connectivity index (χ0v) is 10.8. The highest BCUT2D eigenvalue weighted by atomic mass is 16.5. The molecule has 0 bridgehead atoms. The predicted octanol–water partition coefficient (Wildman–Crippen LogP) is 1.23. The first-order valence-electron chi connectivity index (χ1n) is 6.44. The first-order valence-corrected chi connectivity index (χ1v) is 6.44. The molecule has 2 atom stereocenters. The van der Waals surface area contributed by atoms with Gasteiger partial charge in [0, 0.05) is 38.1 Å². The van der Waals surface area contributed by atoms with Crippen molar-refractivity contribution in [2.24, 2.45) is 5.73 Å². The summed E-state index contributed by atoms with van der Waals surface area (Å²) in [6, 6.07) is 2.20. The van der Waals surface area contributed by atoms with Crippen LogP contribution in [0.5, 0.6) is 0 Å². The molecule has 2 heterocycles. The molecule has 17 heavy (non-hydrogen) atoms. The van der Waals surface area contributed by atoms with Gasteiger partial charge in [0.1, 0.15) is 0 Å². The third-order valence-electron chi connectivity index (χ3n) is 3.38. The maximum Gasteiger partial charge on any atom is 0.0880 e. The summed E-state index contributed by atoms with van der Waals surface area (Å²) in [5.41, 5.74) is 7.04. The second kappa shape index (κ2) is 5.67. The first kappa shape index (κ1) is 12.6. The minimum absolute atomic E-state index is 0.107. The van der Waals surface area contributed by atoms with E-state index >= 15 is 0 Å². The van der Waals surface area contributed by atoms with Gasteiger partial charge in [-0.2, -0.15) is 0 Å². The smallest absolute Gasteiger partial charge is 0.0880 e. The van der Waals surface area contributed by atoms with Gasteiger partial charge in [-0.25, -0.2) is 0 Å². The zero-order valence-electron chi connectivity index (χ0n) is 10.8. The van der Waals surface area contributed by atoms with Crippen molar-refractivity contribution in [3.8, 4) is 0 Å². The number of nitrogens with two attached hydrogens (primary N) is 1. The molecule has 0 spiro atoms. The number of aromatic nitrogens is 1. The van der Waals surface area contributed by atoms with Crippen LogP contribution in [0.25, 0.3) is 0 Å². The van der Waals surface area contributed by atoms with Gasteiger partial charge in [0.05, 0.1) is 12.7 Å². The summed E-state index contributed by atoms with van der Waals surface area (Å²) >= 11 is 0. The average Bonchev–Trinajstić information content (AvgIpc) is 2.78. The second-order valence-corrected chi connectivity index (χ2v) is 4.82. The first-order chi connectivity index (χ1) is 8.19. The van der Waals surface area contributed by atoms with Gasteiger partial charge in [-0.3, -0.25) is 4.90 Å². The molecule has 2 rings (SSSR count). The highest BCUT2D eigenvalue weighted by Gasteiger charge is 2.19. The molecule has 96 valence electrons. The van der Waals surface area contributed by atoms with Crippen LogP contribution in [-0.2, 0) is 11.3 Å². The third-order valence-corrected chi connectivity index (χ3v) is 3.38. The average molecular weight is 237 g/mol. The van der Waals surface area contributed by atoms with Crippen molar-refractivity contribution in [2.45, 2.75) is 32.5 Å². The molecule has 1 aromatic rings. The molecule has 1 saturated heterocycles. The van der Waals surface area contributed by atoms with Gasteiger partial charge < -0.3 is 15.0 Å². The van der Waals surface area contributed by atoms with Crippen LogP contribution >= 0.6 is 0 Å². The molecule has 0 aliphatic carbocycles. The second-order valence-electron chi connectivity index (χ2n) is 4.82. The Balaban J connectivity index is 1.91. The topological polar surface area (TPSA) is 43.4 Å². The summed E-state index contributed by atoms with van der Waals surface area (Å²) in [5, 5.41) is 0. The molecule has 2 N–H and O–H groups in total. The number of ether oxygens (including phenoxy) is 1. The van der Waals surface area contributed by atoms with Crippen LogP contribution in [0.2, 0.25) is 0 Å². The Hall–Kier alpha value is -0.840. The number of morpholine rings is 1. The standard InChI is InChI=1S/C13H23N3O/c1-3-15-6-7-17-13(9-15)10-16-5-4-12(8-16)11(2)14/h4-5,8,11,13H,3,6-7,9-10,14H2,1-2H3. The number of likely N-dealkylation sites (N-methyl/N-ethyl adjacent to an activating group) is 1. The Morgan fingerprint density at radius 1 is 1.59 bits per heavy atom. The van der Waals surface area contributed by atoms with E-state index in [1.54, 1.807) is 0 Å². The van der Waals surface area contributed by atoms with E-state index < -0.39 is 0 Å². The largest absolute Gasteiger partial charge is 0.374 e. The maximum atomic E-state index is 5.85. The lowest BCUT2D eigenvalue weighted by atomic mass is 10.2. The van der Waals surface area contributed by atoms with Crippen molar-refractivity contribution in [1.29, 1.82) is 0 Å². The minimum Gasteiger partial charge on any atom is -0.374 e. The van der Waals surface area contributed by atoms with Crippen LogP contribution in [0.15, 0.2) is 18.5 Å². The molecule has 1 aliphatic rings. The molecule has 4 heteroatoms. The maximum absolute atomic E-state index is 5.85. The van der Waals surface area contributed by atoms with E-state index in [1.807, 2.05) is 6.92 Å². The number of hydrogen-bond acceptors (Lipinski definition) is 3. The Morgan fingerprint density at radius 2 is 2.41 bits per heavy atom. The normalized spacial score (nSPS) is 23.8. The highest BCUT2D eigenvalue weighted by Crippen LogP contribution is 2.12. The van der Waals surface area contributed by atoms with E-state index in [0.717, 1.165) is 32.8 Å². The summed E-state index contributed by atoms with van der Waals surface area (Å²) in [6.45, 7) is 9.17. The Morgan fingerprint density at radius 3 is 3.06 bits per heavy atom. The molecule has 4 nitrogen and oxygen atoms in total. The fourth-order valence-electron chi connectivity index (χ4n) is 2.26. The Kier molecular flexibility index (Phi) is 4.20. The third kappa shape index (κ3) is 3.31. The monoisotopic (exact) mass is 237 g/mol. The summed E-state index contributed by atoms with van der Waals surface area (Å²) in [4.78, 5) is 2.43. The van der Waals surface area contributed by atoms with Gasteiger partial charge in [0.15, 0.2) is 0 Å². The van der Waals surface area contributed by atoms with Crippen molar-refractivity contribution in [3.05, 3.63) is 24.0 Å². The van der Waals surface area contributed by atoms with Crippen LogP contribution in [0.1, 0.15) is 25.5 Å². The van der Waals surface area contributed by atoms with Crippen LogP contribution < -0.4 is 5.73 Å².